The summed E-state index contributed by atoms with van der Waals surface area (Å²) in [6.07, 6.45) is 2.56. The fourth-order valence-corrected chi connectivity index (χ4v) is 3.17. The monoisotopic (exact) mass is 303 g/mol. The van der Waals surface area contributed by atoms with Crippen molar-refractivity contribution >= 4 is 39.0 Å². The summed E-state index contributed by atoms with van der Waals surface area (Å²) >= 11 is 7.56. The van der Waals surface area contributed by atoms with Crippen LogP contribution < -0.4 is 5.32 Å². The molecule has 3 aromatic rings. The van der Waals surface area contributed by atoms with Gasteiger partial charge in [-0.1, -0.05) is 23.7 Å². The zero-order valence-corrected chi connectivity index (χ0v) is 12.6. The first-order valence-corrected chi connectivity index (χ1v) is 7.67. The second kappa shape index (κ2) is 5.77. The van der Waals surface area contributed by atoms with Gasteiger partial charge in [0.15, 0.2) is 0 Å². The lowest BCUT2D eigenvalue weighted by atomic mass is 10.1. The molecule has 2 heterocycles. The second-order valence-corrected chi connectivity index (χ2v) is 5.94. The quantitative estimate of drug-likeness (QED) is 0.780. The Hall–Kier alpha value is -1.65. The molecule has 2 aromatic heterocycles. The van der Waals surface area contributed by atoms with E-state index in [9.17, 15) is 0 Å². The fourth-order valence-electron chi connectivity index (χ4n) is 2.07. The number of benzene rings is 1. The number of fused-ring (bicyclic) bond motifs is 1. The Labute approximate surface area is 126 Å². The van der Waals surface area contributed by atoms with Gasteiger partial charge >= 0.3 is 0 Å². The number of nitrogens with one attached hydrogen (secondary N) is 1. The molecule has 0 bridgehead atoms. The lowest BCUT2D eigenvalue weighted by Gasteiger charge is -2.06. The summed E-state index contributed by atoms with van der Waals surface area (Å²) in [4.78, 5) is 8.65. The lowest BCUT2D eigenvalue weighted by Crippen LogP contribution is -2.06. The van der Waals surface area contributed by atoms with E-state index in [-0.39, 0.29) is 0 Å². The Morgan fingerprint density at radius 3 is 2.80 bits per heavy atom. The number of aromatic nitrogens is 2. The fraction of sp³-hybridized carbons (Fsp3) is 0.200. The highest BCUT2D eigenvalue weighted by molar-refractivity contribution is 7.18. The number of aryl methyl sites for hydroxylation is 1. The standard InChI is InChI=1S/C15H14ClN3S/c1-10-8-20-14-13(10)18-9-19-15(14)17-7-6-11-2-4-12(16)5-3-11/h2-5,8-9H,6-7H2,1H3,(H,17,18,19). The van der Waals surface area contributed by atoms with Gasteiger partial charge in [0, 0.05) is 11.6 Å². The molecule has 1 N–H and O–H groups in total. The minimum atomic E-state index is 0.772. The van der Waals surface area contributed by atoms with E-state index in [0.717, 1.165) is 34.0 Å². The summed E-state index contributed by atoms with van der Waals surface area (Å²) in [6.45, 7) is 2.91. The van der Waals surface area contributed by atoms with E-state index >= 15 is 0 Å². The molecule has 0 aliphatic heterocycles. The summed E-state index contributed by atoms with van der Waals surface area (Å²) in [7, 11) is 0. The summed E-state index contributed by atoms with van der Waals surface area (Å²) in [5.41, 5.74) is 3.50. The maximum absolute atomic E-state index is 5.88. The molecular weight excluding hydrogens is 290 g/mol. The lowest BCUT2D eigenvalue weighted by molar-refractivity contribution is 1.01. The number of halogens is 1. The summed E-state index contributed by atoms with van der Waals surface area (Å²) in [5, 5.41) is 6.28. The Balaban J connectivity index is 1.69. The Kier molecular flexibility index (Phi) is 3.85. The zero-order chi connectivity index (χ0) is 13.9. The molecule has 1 aromatic carbocycles. The molecule has 0 amide bonds. The predicted octanol–water partition coefficient (Wildman–Crippen LogP) is 4.31. The van der Waals surface area contributed by atoms with Crippen LogP contribution in [0.3, 0.4) is 0 Å². The van der Waals surface area contributed by atoms with Crippen molar-refractivity contribution in [2.75, 3.05) is 11.9 Å². The smallest absolute Gasteiger partial charge is 0.147 e. The molecule has 0 aliphatic rings. The molecule has 0 atom stereocenters. The molecule has 0 aliphatic carbocycles. The summed E-state index contributed by atoms with van der Waals surface area (Å²) < 4.78 is 1.13. The van der Waals surface area contributed by atoms with Crippen molar-refractivity contribution in [2.24, 2.45) is 0 Å². The zero-order valence-electron chi connectivity index (χ0n) is 11.1. The molecule has 0 saturated heterocycles. The molecule has 5 heteroatoms. The molecule has 0 saturated carbocycles. The van der Waals surface area contributed by atoms with Gasteiger partial charge in [-0.2, -0.15) is 0 Å². The van der Waals surface area contributed by atoms with Crippen molar-refractivity contribution in [3.05, 3.63) is 52.1 Å². The van der Waals surface area contributed by atoms with Gasteiger partial charge < -0.3 is 5.32 Å². The average molecular weight is 304 g/mol. The van der Waals surface area contributed by atoms with E-state index in [1.54, 1.807) is 17.7 Å². The number of anilines is 1. The second-order valence-electron chi connectivity index (χ2n) is 4.62. The number of hydrogen-bond acceptors (Lipinski definition) is 4. The molecular formula is C15H14ClN3S. The van der Waals surface area contributed by atoms with Crippen molar-refractivity contribution < 1.29 is 0 Å². The first kappa shape index (κ1) is 13.3. The van der Waals surface area contributed by atoms with E-state index in [4.69, 9.17) is 11.6 Å². The van der Waals surface area contributed by atoms with Crippen molar-refractivity contribution in [1.29, 1.82) is 0 Å². The number of rotatable bonds is 4. The molecule has 20 heavy (non-hydrogen) atoms. The van der Waals surface area contributed by atoms with Crippen LogP contribution in [0.4, 0.5) is 5.82 Å². The first-order valence-electron chi connectivity index (χ1n) is 6.41. The molecule has 3 nitrogen and oxygen atoms in total. The predicted molar refractivity (Wildman–Crippen MR) is 85.8 cm³/mol. The van der Waals surface area contributed by atoms with E-state index in [2.05, 4.69) is 39.7 Å². The maximum Gasteiger partial charge on any atom is 0.147 e. The normalized spacial score (nSPS) is 10.9. The van der Waals surface area contributed by atoms with E-state index < -0.39 is 0 Å². The summed E-state index contributed by atoms with van der Waals surface area (Å²) in [6, 6.07) is 7.94. The largest absolute Gasteiger partial charge is 0.368 e. The van der Waals surface area contributed by atoms with Crippen molar-refractivity contribution in [3.8, 4) is 0 Å². The van der Waals surface area contributed by atoms with Crippen molar-refractivity contribution in [2.45, 2.75) is 13.3 Å². The van der Waals surface area contributed by atoms with Crippen LogP contribution in [0, 0.1) is 6.92 Å². The summed E-state index contributed by atoms with van der Waals surface area (Å²) in [5.74, 6) is 0.919. The Morgan fingerprint density at radius 1 is 1.20 bits per heavy atom. The van der Waals surface area contributed by atoms with Crippen LogP contribution in [0.25, 0.3) is 10.2 Å². The number of nitrogens with zero attached hydrogens (tertiary/aromatic N) is 2. The third-order valence-corrected chi connectivity index (χ3v) is 4.50. The maximum atomic E-state index is 5.88. The molecule has 0 radical (unpaired) electrons. The van der Waals surface area contributed by atoms with Crippen molar-refractivity contribution in [3.63, 3.8) is 0 Å². The van der Waals surface area contributed by atoms with Crippen LogP contribution in [-0.2, 0) is 6.42 Å². The van der Waals surface area contributed by atoms with Gasteiger partial charge in [-0.15, -0.1) is 11.3 Å². The van der Waals surface area contributed by atoms with Crippen molar-refractivity contribution in [1.82, 2.24) is 9.97 Å². The van der Waals surface area contributed by atoms with Gasteiger partial charge in [0.1, 0.15) is 12.1 Å². The van der Waals surface area contributed by atoms with Crippen LogP contribution >= 0.6 is 22.9 Å². The first-order chi connectivity index (χ1) is 9.74. The molecule has 102 valence electrons. The van der Waals surface area contributed by atoms with Gasteiger partial charge in [0.05, 0.1) is 10.2 Å². The average Bonchev–Trinajstić information content (AvgIpc) is 2.84. The number of thiophene rings is 1. The third kappa shape index (κ3) is 2.76. The minimum Gasteiger partial charge on any atom is -0.368 e. The van der Waals surface area contributed by atoms with E-state index in [1.165, 1.54) is 11.1 Å². The van der Waals surface area contributed by atoms with Crippen LogP contribution in [-0.4, -0.2) is 16.5 Å². The van der Waals surface area contributed by atoms with Gasteiger partial charge in [-0.25, -0.2) is 9.97 Å². The SMILES string of the molecule is Cc1csc2c(NCCc3ccc(Cl)cc3)ncnc12. The molecule has 0 fully saturated rings. The van der Waals surface area contributed by atoms with Gasteiger partial charge in [0.25, 0.3) is 0 Å². The highest BCUT2D eigenvalue weighted by Gasteiger charge is 2.07. The van der Waals surface area contributed by atoms with Gasteiger partial charge in [-0.3, -0.25) is 0 Å². The topological polar surface area (TPSA) is 37.8 Å². The highest BCUT2D eigenvalue weighted by atomic mass is 35.5. The van der Waals surface area contributed by atoms with Crippen LogP contribution in [0.1, 0.15) is 11.1 Å². The third-order valence-electron chi connectivity index (χ3n) is 3.15. The van der Waals surface area contributed by atoms with Gasteiger partial charge in [0.2, 0.25) is 0 Å². The van der Waals surface area contributed by atoms with E-state index in [0.29, 0.717) is 0 Å². The highest BCUT2D eigenvalue weighted by Crippen LogP contribution is 2.28. The minimum absolute atomic E-state index is 0.772. The molecule has 0 unspecified atom stereocenters. The molecule has 3 rings (SSSR count). The Bertz CT molecular complexity index is 722. The Morgan fingerprint density at radius 2 is 2.00 bits per heavy atom. The van der Waals surface area contributed by atoms with Crippen LogP contribution in [0.2, 0.25) is 5.02 Å². The van der Waals surface area contributed by atoms with Crippen LogP contribution in [0.15, 0.2) is 36.0 Å². The van der Waals surface area contributed by atoms with E-state index in [1.807, 2.05) is 12.1 Å². The molecule has 0 spiro atoms. The number of hydrogen-bond donors (Lipinski definition) is 1. The van der Waals surface area contributed by atoms with Gasteiger partial charge in [-0.05, 0) is 42.0 Å². The van der Waals surface area contributed by atoms with Crippen LogP contribution in [0.5, 0.6) is 0 Å².